The van der Waals surface area contributed by atoms with E-state index in [1.807, 2.05) is 71.6 Å². The number of carbonyl (C=O) groups excluding carboxylic acids is 1. The third-order valence-electron chi connectivity index (χ3n) is 5.80. The highest BCUT2D eigenvalue weighted by atomic mass is 35.5. The first-order chi connectivity index (χ1) is 15.2. The van der Waals surface area contributed by atoms with Crippen molar-refractivity contribution in [2.75, 3.05) is 31.1 Å². The van der Waals surface area contributed by atoms with Crippen LogP contribution in [0.25, 0.3) is 22.2 Å². The van der Waals surface area contributed by atoms with Crippen LogP contribution in [0.1, 0.15) is 0 Å². The number of nitrogens with zero attached hydrogens (tertiary/aromatic N) is 4. The molecule has 2 heterocycles. The fourth-order valence-corrected chi connectivity index (χ4v) is 4.33. The summed E-state index contributed by atoms with van der Waals surface area (Å²) >= 11 is 6.26. The Morgan fingerprint density at radius 1 is 0.871 bits per heavy atom. The van der Waals surface area contributed by atoms with Gasteiger partial charge in [0.05, 0.1) is 5.52 Å². The number of para-hydroxylation sites is 1. The van der Waals surface area contributed by atoms with Crippen molar-refractivity contribution < 1.29 is 4.79 Å². The number of rotatable bonds is 4. The molecule has 6 heteroatoms. The fourth-order valence-electron chi connectivity index (χ4n) is 4.16. The van der Waals surface area contributed by atoms with Crippen LogP contribution in [0, 0.1) is 0 Å². The summed E-state index contributed by atoms with van der Waals surface area (Å²) in [6, 6.07) is 26.1. The first-order valence-electron chi connectivity index (χ1n) is 10.5. The first-order valence-corrected chi connectivity index (χ1v) is 10.9. The molecule has 4 aromatic rings. The zero-order valence-corrected chi connectivity index (χ0v) is 17.9. The molecule has 5 nitrogen and oxygen atoms in total. The Hall–Kier alpha value is -3.31. The number of halogens is 1. The Labute approximate surface area is 186 Å². The summed E-state index contributed by atoms with van der Waals surface area (Å²) in [7, 11) is 0. The van der Waals surface area contributed by atoms with Crippen LogP contribution in [0.15, 0.2) is 78.9 Å². The molecule has 0 unspecified atom stereocenters. The van der Waals surface area contributed by atoms with E-state index in [0.29, 0.717) is 18.1 Å². The van der Waals surface area contributed by atoms with E-state index in [9.17, 15) is 4.79 Å². The second-order valence-corrected chi connectivity index (χ2v) is 8.17. The van der Waals surface area contributed by atoms with Crippen LogP contribution in [0.2, 0.25) is 5.02 Å². The van der Waals surface area contributed by atoms with E-state index in [1.54, 1.807) is 4.68 Å². The topological polar surface area (TPSA) is 41.4 Å². The van der Waals surface area contributed by atoms with Gasteiger partial charge in [0.1, 0.15) is 12.2 Å². The summed E-state index contributed by atoms with van der Waals surface area (Å²) in [5, 5.41) is 6.42. The molecule has 1 saturated heterocycles. The first kappa shape index (κ1) is 19.6. The number of benzene rings is 3. The van der Waals surface area contributed by atoms with Crippen molar-refractivity contribution in [1.82, 2.24) is 14.7 Å². The molecule has 31 heavy (non-hydrogen) atoms. The summed E-state index contributed by atoms with van der Waals surface area (Å²) < 4.78 is 1.81. The normalized spacial score (nSPS) is 14.2. The van der Waals surface area contributed by atoms with Gasteiger partial charge in [-0.15, -0.1) is 0 Å². The Bertz CT molecular complexity index is 1200. The van der Waals surface area contributed by atoms with E-state index in [0.717, 1.165) is 35.2 Å². The minimum Gasteiger partial charge on any atom is -0.368 e. The van der Waals surface area contributed by atoms with Crippen LogP contribution in [-0.2, 0) is 11.3 Å². The van der Waals surface area contributed by atoms with Crippen molar-refractivity contribution in [3.8, 4) is 11.3 Å². The lowest BCUT2D eigenvalue weighted by Crippen LogP contribution is -2.49. The van der Waals surface area contributed by atoms with Crippen molar-refractivity contribution in [2.24, 2.45) is 0 Å². The van der Waals surface area contributed by atoms with Gasteiger partial charge < -0.3 is 9.80 Å². The molecule has 0 aliphatic carbocycles. The molecule has 1 aliphatic rings. The zero-order chi connectivity index (χ0) is 21.2. The third-order valence-corrected chi connectivity index (χ3v) is 6.03. The van der Waals surface area contributed by atoms with Crippen molar-refractivity contribution >= 4 is 34.1 Å². The van der Waals surface area contributed by atoms with Gasteiger partial charge in [0.15, 0.2) is 0 Å². The maximum atomic E-state index is 13.1. The monoisotopic (exact) mass is 430 g/mol. The van der Waals surface area contributed by atoms with Crippen molar-refractivity contribution in [1.29, 1.82) is 0 Å². The van der Waals surface area contributed by atoms with Gasteiger partial charge >= 0.3 is 0 Å². The number of piperazine rings is 1. The second-order valence-electron chi connectivity index (χ2n) is 7.74. The smallest absolute Gasteiger partial charge is 0.244 e. The van der Waals surface area contributed by atoms with Crippen LogP contribution in [0.3, 0.4) is 0 Å². The van der Waals surface area contributed by atoms with E-state index < -0.39 is 0 Å². The summed E-state index contributed by atoms with van der Waals surface area (Å²) in [5.74, 6) is 0.0895. The van der Waals surface area contributed by atoms with Gasteiger partial charge in [-0.25, -0.2) is 0 Å². The molecular formula is C25H23ClN4O. The van der Waals surface area contributed by atoms with Crippen LogP contribution >= 0.6 is 11.6 Å². The highest BCUT2D eigenvalue weighted by Gasteiger charge is 2.23. The van der Waals surface area contributed by atoms with E-state index in [-0.39, 0.29) is 12.5 Å². The van der Waals surface area contributed by atoms with Gasteiger partial charge in [-0.1, -0.05) is 60.1 Å². The minimum atomic E-state index is 0.0895. The molecule has 0 saturated carbocycles. The quantitative estimate of drug-likeness (QED) is 0.471. The van der Waals surface area contributed by atoms with Gasteiger partial charge in [0, 0.05) is 47.8 Å². The highest BCUT2D eigenvalue weighted by molar-refractivity contribution is 6.31. The van der Waals surface area contributed by atoms with E-state index in [2.05, 4.69) is 17.0 Å². The standard InChI is InChI=1S/C25H23ClN4O/c26-20-11-12-23-22(17-20)25(19-7-3-1-4-8-19)27-30(23)18-24(31)29-15-13-28(14-16-29)21-9-5-2-6-10-21/h1-12,17H,13-16,18H2. The van der Waals surface area contributed by atoms with Crippen LogP contribution in [0.5, 0.6) is 0 Å². The van der Waals surface area contributed by atoms with E-state index in [4.69, 9.17) is 16.7 Å². The SMILES string of the molecule is O=C(Cn1nc(-c2ccccc2)c2cc(Cl)ccc21)N1CCN(c2ccccc2)CC1. The molecule has 0 atom stereocenters. The molecule has 1 aliphatic heterocycles. The number of aromatic nitrogens is 2. The van der Waals surface area contributed by atoms with Gasteiger partial charge in [0.25, 0.3) is 0 Å². The Morgan fingerprint density at radius 3 is 2.26 bits per heavy atom. The van der Waals surface area contributed by atoms with Crippen LogP contribution in [0.4, 0.5) is 5.69 Å². The maximum absolute atomic E-state index is 13.1. The fraction of sp³-hybridized carbons (Fsp3) is 0.200. The summed E-state index contributed by atoms with van der Waals surface area (Å²) in [5.41, 5.74) is 3.98. The summed E-state index contributed by atoms with van der Waals surface area (Å²) in [6.45, 7) is 3.31. The van der Waals surface area contributed by atoms with Gasteiger partial charge in [-0.3, -0.25) is 9.48 Å². The van der Waals surface area contributed by atoms with Gasteiger partial charge in [0.2, 0.25) is 5.91 Å². The Balaban J connectivity index is 1.36. The lowest BCUT2D eigenvalue weighted by atomic mass is 10.1. The van der Waals surface area contributed by atoms with Gasteiger partial charge in [-0.2, -0.15) is 5.10 Å². The maximum Gasteiger partial charge on any atom is 0.244 e. The summed E-state index contributed by atoms with van der Waals surface area (Å²) in [6.07, 6.45) is 0. The molecule has 5 rings (SSSR count). The average Bonchev–Trinajstić information content (AvgIpc) is 3.17. The number of hydrogen-bond acceptors (Lipinski definition) is 3. The lowest BCUT2D eigenvalue weighted by Gasteiger charge is -2.36. The van der Waals surface area contributed by atoms with Crippen LogP contribution in [-0.4, -0.2) is 46.8 Å². The van der Waals surface area contributed by atoms with Crippen molar-refractivity contribution in [3.63, 3.8) is 0 Å². The second kappa shape index (κ2) is 8.44. The Morgan fingerprint density at radius 2 is 1.55 bits per heavy atom. The average molecular weight is 431 g/mol. The van der Waals surface area contributed by atoms with Crippen molar-refractivity contribution in [3.05, 3.63) is 83.9 Å². The Kier molecular flexibility index (Phi) is 5.35. The van der Waals surface area contributed by atoms with E-state index >= 15 is 0 Å². The van der Waals surface area contributed by atoms with E-state index in [1.165, 1.54) is 5.69 Å². The van der Waals surface area contributed by atoms with Crippen LogP contribution < -0.4 is 4.90 Å². The lowest BCUT2D eigenvalue weighted by molar-refractivity contribution is -0.132. The third kappa shape index (κ3) is 4.01. The molecule has 156 valence electrons. The number of hydrogen-bond donors (Lipinski definition) is 0. The molecule has 1 fully saturated rings. The molecule has 3 aromatic carbocycles. The largest absolute Gasteiger partial charge is 0.368 e. The molecule has 0 N–H and O–H groups in total. The number of amides is 1. The molecule has 0 bridgehead atoms. The molecule has 0 spiro atoms. The number of fused-ring (bicyclic) bond motifs is 1. The molecule has 0 radical (unpaired) electrons. The predicted octanol–water partition coefficient (Wildman–Crippen LogP) is 4.71. The molecule has 1 amide bonds. The highest BCUT2D eigenvalue weighted by Crippen LogP contribution is 2.30. The van der Waals surface area contributed by atoms with Gasteiger partial charge in [-0.05, 0) is 30.3 Å². The zero-order valence-electron chi connectivity index (χ0n) is 17.1. The number of anilines is 1. The molecule has 1 aromatic heterocycles. The number of carbonyl (C=O) groups is 1. The predicted molar refractivity (Wildman–Crippen MR) is 125 cm³/mol. The minimum absolute atomic E-state index is 0.0895. The van der Waals surface area contributed by atoms with Crippen molar-refractivity contribution in [2.45, 2.75) is 6.54 Å². The molecular weight excluding hydrogens is 408 g/mol. The summed E-state index contributed by atoms with van der Waals surface area (Å²) in [4.78, 5) is 17.3.